The number of nitrogens with zero attached hydrogens (tertiary/aromatic N) is 3. The minimum Gasteiger partial charge on any atom is -0.374 e. The summed E-state index contributed by atoms with van der Waals surface area (Å²) in [6, 6.07) is 8.88. The Balaban J connectivity index is 1.79. The predicted molar refractivity (Wildman–Crippen MR) is 136 cm³/mol. The van der Waals surface area contributed by atoms with E-state index in [1.165, 1.54) is 6.92 Å². The molecule has 0 aromatic heterocycles. The lowest BCUT2D eigenvalue weighted by Crippen LogP contribution is -2.59. The average Bonchev–Trinajstić information content (AvgIpc) is 2.87. The highest BCUT2D eigenvalue weighted by molar-refractivity contribution is 5.90. The molecule has 3 unspecified atom stereocenters. The second-order valence-electron chi connectivity index (χ2n) is 9.72. The van der Waals surface area contributed by atoms with E-state index in [4.69, 9.17) is 4.74 Å². The van der Waals surface area contributed by atoms with Gasteiger partial charge in [-0.15, -0.1) is 0 Å². The van der Waals surface area contributed by atoms with Crippen molar-refractivity contribution in [3.8, 4) is 0 Å². The number of hydrogen-bond donors (Lipinski definition) is 1. The third-order valence-electron chi connectivity index (χ3n) is 6.95. The largest absolute Gasteiger partial charge is 0.374 e. The maximum Gasteiger partial charge on any atom is 0.247 e. The highest BCUT2D eigenvalue weighted by Gasteiger charge is 2.49. The molecule has 8 heteroatoms. The van der Waals surface area contributed by atoms with Crippen LogP contribution in [-0.4, -0.2) is 80.1 Å². The topological polar surface area (TPSA) is 91.3 Å². The average molecular weight is 483 g/mol. The minimum absolute atomic E-state index is 0.0128. The molecule has 0 bridgehead atoms. The first-order valence-corrected chi connectivity index (χ1v) is 12.3. The Morgan fingerprint density at radius 1 is 1.23 bits per heavy atom. The monoisotopic (exact) mass is 482 g/mol. The number of ether oxygens (including phenoxy) is 1. The zero-order valence-corrected chi connectivity index (χ0v) is 21.3. The zero-order chi connectivity index (χ0) is 25.4. The Morgan fingerprint density at radius 2 is 1.97 bits per heavy atom. The van der Waals surface area contributed by atoms with Gasteiger partial charge in [0.05, 0.1) is 18.6 Å². The molecule has 35 heavy (non-hydrogen) atoms. The molecule has 1 aromatic rings. The molecule has 0 radical (unpaired) electrons. The van der Waals surface area contributed by atoms with E-state index in [1.807, 2.05) is 36.5 Å². The molecule has 0 spiro atoms. The van der Waals surface area contributed by atoms with Crippen molar-refractivity contribution in [3.63, 3.8) is 0 Å². The number of aliphatic imine (C=N–C) groups is 1. The first kappa shape index (κ1) is 26.6. The Bertz CT molecular complexity index is 959. The van der Waals surface area contributed by atoms with E-state index in [-0.39, 0.29) is 30.2 Å². The molecular weight excluding hydrogens is 444 g/mol. The van der Waals surface area contributed by atoms with E-state index in [2.05, 4.69) is 23.3 Å². The lowest BCUT2D eigenvalue weighted by atomic mass is 9.66. The molecule has 2 heterocycles. The molecule has 2 aliphatic rings. The fourth-order valence-corrected chi connectivity index (χ4v) is 5.08. The molecule has 1 saturated heterocycles. The van der Waals surface area contributed by atoms with Crippen molar-refractivity contribution >= 4 is 23.9 Å². The number of amides is 3. The molecule has 1 N–H and O–H groups in total. The quantitative estimate of drug-likeness (QED) is 0.585. The predicted octanol–water partition coefficient (Wildman–Crippen LogP) is 2.44. The third kappa shape index (κ3) is 6.57. The lowest BCUT2D eigenvalue weighted by Gasteiger charge is -2.47. The number of allylic oxidation sites excluding steroid dienone is 1. The number of hydrogen-bond acceptors (Lipinski definition) is 5. The number of carbonyl (C=O) groups is 3. The van der Waals surface area contributed by atoms with Crippen LogP contribution in [0.2, 0.25) is 0 Å². The molecule has 3 rings (SSSR count). The Kier molecular flexibility index (Phi) is 9.20. The van der Waals surface area contributed by atoms with Crippen LogP contribution in [0.5, 0.6) is 0 Å². The molecule has 3 atom stereocenters. The number of dihydropyridines is 1. The van der Waals surface area contributed by atoms with Crippen molar-refractivity contribution < 1.29 is 19.1 Å². The summed E-state index contributed by atoms with van der Waals surface area (Å²) < 4.78 is 5.81. The van der Waals surface area contributed by atoms with E-state index in [9.17, 15) is 14.4 Å². The maximum atomic E-state index is 13.6. The van der Waals surface area contributed by atoms with Gasteiger partial charge >= 0.3 is 0 Å². The summed E-state index contributed by atoms with van der Waals surface area (Å²) >= 11 is 0. The van der Waals surface area contributed by atoms with Gasteiger partial charge in [-0.1, -0.05) is 43.3 Å². The fourth-order valence-electron chi connectivity index (χ4n) is 5.08. The summed E-state index contributed by atoms with van der Waals surface area (Å²) in [6.07, 6.45) is 6.28. The standard InChI is InChI=1S/C27H38N4O4/c1-20(23-12-8-14-28-16-23)27(26(34)30(3)4)13-9-15-31(19-27)25(33)24(29-21(2)32)18-35-17-22-10-6-5-7-11-22/h5-7,10-12,16,20,24H,8-9,13-15,17-19H2,1-4H3,(H,29,32). The lowest BCUT2D eigenvalue weighted by molar-refractivity contribution is -0.152. The van der Waals surface area contributed by atoms with Gasteiger partial charge in [-0.3, -0.25) is 19.4 Å². The normalized spacial score (nSPS) is 21.6. The van der Waals surface area contributed by atoms with Crippen molar-refractivity contribution in [2.75, 3.05) is 40.3 Å². The van der Waals surface area contributed by atoms with Crippen molar-refractivity contribution in [1.29, 1.82) is 0 Å². The summed E-state index contributed by atoms with van der Waals surface area (Å²) in [5, 5.41) is 2.75. The van der Waals surface area contributed by atoms with Gasteiger partial charge < -0.3 is 19.9 Å². The maximum absolute atomic E-state index is 13.6. The van der Waals surface area contributed by atoms with E-state index < -0.39 is 11.5 Å². The van der Waals surface area contributed by atoms with Gasteiger partial charge in [0, 0.05) is 46.9 Å². The van der Waals surface area contributed by atoms with Crippen LogP contribution in [0.15, 0.2) is 47.0 Å². The molecule has 3 amide bonds. The van der Waals surface area contributed by atoms with Crippen molar-refractivity contribution in [2.45, 2.75) is 45.8 Å². The van der Waals surface area contributed by atoms with Crippen LogP contribution >= 0.6 is 0 Å². The van der Waals surface area contributed by atoms with Gasteiger partial charge in [0.2, 0.25) is 17.7 Å². The molecule has 2 aliphatic heterocycles. The Morgan fingerprint density at radius 3 is 2.60 bits per heavy atom. The van der Waals surface area contributed by atoms with E-state index >= 15 is 0 Å². The summed E-state index contributed by atoms with van der Waals surface area (Å²) in [5.41, 5.74) is 1.29. The van der Waals surface area contributed by atoms with Crippen LogP contribution in [-0.2, 0) is 25.7 Å². The zero-order valence-electron chi connectivity index (χ0n) is 21.3. The number of piperidine rings is 1. The van der Waals surface area contributed by atoms with Gasteiger partial charge in [-0.2, -0.15) is 0 Å². The van der Waals surface area contributed by atoms with Crippen LogP contribution < -0.4 is 5.32 Å². The van der Waals surface area contributed by atoms with Crippen molar-refractivity contribution in [3.05, 3.63) is 47.5 Å². The van der Waals surface area contributed by atoms with E-state index in [0.717, 1.165) is 24.1 Å². The molecule has 0 aliphatic carbocycles. The number of carbonyl (C=O) groups excluding carboxylic acids is 3. The summed E-state index contributed by atoms with van der Waals surface area (Å²) in [5.74, 6) is -0.594. The van der Waals surface area contributed by atoms with Gasteiger partial charge in [-0.25, -0.2) is 0 Å². The number of rotatable bonds is 9. The highest BCUT2D eigenvalue weighted by atomic mass is 16.5. The number of likely N-dealkylation sites (tertiary alicyclic amines) is 1. The van der Waals surface area contributed by atoms with E-state index in [0.29, 0.717) is 32.5 Å². The number of nitrogens with one attached hydrogen (secondary N) is 1. The summed E-state index contributed by atoms with van der Waals surface area (Å²) in [6.45, 7) is 5.46. The molecule has 1 aromatic carbocycles. The number of benzene rings is 1. The van der Waals surface area contributed by atoms with Crippen molar-refractivity contribution in [1.82, 2.24) is 15.1 Å². The van der Waals surface area contributed by atoms with Crippen LogP contribution in [0, 0.1) is 11.3 Å². The smallest absolute Gasteiger partial charge is 0.247 e. The fraction of sp³-hybridized carbons (Fsp3) is 0.556. The van der Waals surface area contributed by atoms with Crippen LogP contribution in [0.1, 0.15) is 38.7 Å². The summed E-state index contributed by atoms with van der Waals surface area (Å²) in [4.78, 5) is 46.9. The van der Waals surface area contributed by atoms with Gasteiger partial charge in [0.25, 0.3) is 0 Å². The molecular formula is C27H38N4O4. The Hall–Kier alpha value is -3.00. The first-order chi connectivity index (χ1) is 16.7. The molecule has 1 fully saturated rings. The first-order valence-electron chi connectivity index (χ1n) is 12.3. The van der Waals surface area contributed by atoms with Crippen LogP contribution in [0.25, 0.3) is 0 Å². The SMILES string of the molecule is CC(=O)NC(COCc1ccccc1)C(=O)N1CCCC(C(=O)N(C)C)(C(C)C2=CCCN=C2)C1. The van der Waals surface area contributed by atoms with Gasteiger partial charge in [0.15, 0.2) is 0 Å². The van der Waals surface area contributed by atoms with E-state index in [1.54, 1.807) is 23.9 Å². The van der Waals surface area contributed by atoms with Gasteiger partial charge in [-0.05, 0) is 36.3 Å². The highest BCUT2D eigenvalue weighted by Crippen LogP contribution is 2.42. The van der Waals surface area contributed by atoms with Gasteiger partial charge in [0.1, 0.15) is 6.04 Å². The minimum atomic E-state index is -0.813. The molecule has 8 nitrogen and oxygen atoms in total. The van der Waals surface area contributed by atoms with Crippen molar-refractivity contribution in [2.24, 2.45) is 16.3 Å². The van der Waals surface area contributed by atoms with Crippen LogP contribution in [0.3, 0.4) is 0 Å². The Labute approximate surface area is 208 Å². The second-order valence-corrected chi connectivity index (χ2v) is 9.72. The van der Waals surface area contributed by atoms with Crippen LogP contribution in [0.4, 0.5) is 0 Å². The third-order valence-corrected chi connectivity index (χ3v) is 6.95. The molecule has 0 saturated carbocycles. The second kappa shape index (κ2) is 12.1. The molecule has 190 valence electrons. The summed E-state index contributed by atoms with van der Waals surface area (Å²) in [7, 11) is 3.52.